The maximum atomic E-state index is 12.1. The first kappa shape index (κ1) is 18.8. The van der Waals surface area contributed by atoms with E-state index in [0.717, 1.165) is 26.8 Å². The summed E-state index contributed by atoms with van der Waals surface area (Å²) in [5.74, 6) is 0.787. The fourth-order valence-electron chi connectivity index (χ4n) is 2.13. The lowest BCUT2D eigenvalue weighted by molar-refractivity contribution is -0.116. The van der Waals surface area contributed by atoms with E-state index in [-0.39, 0.29) is 5.91 Å². The third-order valence-electron chi connectivity index (χ3n) is 3.32. The maximum absolute atomic E-state index is 12.1. The van der Waals surface area contributed by atoms with Crippen molar-refractivity contribution in [1.82, 2.24) is 4.98 Å². The zero-order valence-corrected chi connectivity index (χ0v) is 16.8. The van der Waals surface area contributed by atoms with Crippen LogP contribution in [0.25, 0.3) is 10.2 Å². The van der Waals surface area contributed by atoms with Crippen molar-refractivity contribution in [1.29, 1.82) is 0 Å². The van der Waals surface area contributed by atoms with Gasteiger partial charge in [0.2, 0.25) is 5.91 Å². The summed E-state index contributed by atoms with van der Waals surface area (Å²) >= 11 is 21.1. The number of hydrogen-bond acceptors (Lipinski definition) is 4. The van der Waals surface area contributed by atoms with Crippen molar-refractivity contribution >= 4 is 79.2 Å². The Labute approximate surface area is 168 Å². The van der Waals surface area contributed by atoms with Gasteiger partial charge in [-0.15, -0.1) is 11.8 Å². The molecule has 3 rings (SSSR count). The Morgan fingerprint density at radius 1 is 1.08 bits per heavy atom. The zero-order valence-electron chi connectivity index (χ0n) is 12.9. The number of carbonyl (C=O) groups is 1. The molecule has 3 aromatic rings. The number of halogens is 3. The summed E-state index contributed by atoms with van der Waals surface area (Å²) in [6, 6.07) is 11.1. The topological polar surface area (TPSA) is 42.0 Å². The number of thioether (sulfide) groups is 1. The van der Waals surface area contributed by atoms with Crippen molar-refractivity contribution in [3.63, 3.8) is 0 Å². The molecule has 2 aromatic carbocycles. The molecule has 1 amide bonds. The molecule has 0 unspecified atom stereocenters. The minimum absolute atomic E-state index is 0.0667. The molecule has 0 aliphatic rings. The highest BCUT2D eigenvalue weighted by Crippen LogP contribution is 2.36. The van der Waals surface area contributed by atoms with E-state index < -0.39 is 0 Å². The molecule has 0 saturated carbocycles. The molecule has 1 aromatic heterocycles. The predicted octanol–water partition coefficient (Wildman–Crippen LogP) is 6.77. The normalized spacial score (nSPS) is 11.0. The summed E-state index contributed by atoms with van der Waals surface area (Å²) in [4.78, 5) is 17.6. The summed E-state index contributed by atoms with van der Waals surface area (Å²) in [5, 5.41) is 5.16. The predicted molar refractivity (Wildman–Crippen MR) is 110 cm³/mol. The lowest BCUT2D eigenvalue weighted by Gasteiger charge is -2.03. The second-order valence-electron chi connectivity index (χ2n) is 5.18. The first-order valence-corrected chi connectivity index (χ1v) is 10.4. The van der Waals surface area contributed by atoms with Gasteiger partial charge in [-0.05, 0) is 48.6 Å². The van der Waals surface area contributed by atoms with Crippen LogP contribution in [0, 0.1) is 0 Å². The Balaban J connectivity index is 1.50. The Hall–Kier alpha value is -0.980. The van der Waals surface area contributed by atoms with Crippen molar-refractivity contribution in [2.75, 3.05) is 11.1 Å². The van der Waals surface area contributed by atoms with Gasteiger partial charge >= 0.3 is 0 Å². The first-order chi connectivity index (χ1) is 12.0. The van der Waals surface area contributed by atoms with Gasteiger partial charge in [-0.2, -0.15) is 0 Å². The fourth-order valence-corrected chi connectivity index (χ4v) is 4.55. The molecule has 1 N–H and O–H groups in total. The Morgan fingerprint density at radius 2 is 1.80 bits per heavy atom. The summed E-state index contributed by atoms with van der Waals surface area (Å²) in [6.07, 6.45) is 1.20. The van der Waals surface area contributed by atoms with Gasteiger partial charge in [0.15, 0.2) is 5.13 Å². The molecular weight excluding hydrogens is 419 g/mol. The maximum Gasteiger partial charge on any atom is 0.226 e. The molecule has 3 nitrogen and oxygen atoms in total. The van der Waals surface area contributed by atoms with Crippen LogP contribution in [0.3, 0.4) is 0 Å². The Kier molecular flexibility index (Phi) is 6.47. The average molecular weight is 432 g/mol. The molecule has 0 saturated heterocycles. The minimum atomic E-state index is -0.0667. The first-order valence-electron chi connectivity index (χ1n) is 7.45. The summed E-state index contributed by atoms with van der Waals surface area (Å²) in [7, 11) is 0. The SMILES string of the molecule is O=C(CCCSc1ccc(Cl)cc1)Nc1nc2c(Cl)ccc(Cl)c2s1. The second kappa shape index (κ2) is 8.60. The summed E-state index contributed by atoms with van der Waals surface area (Å²) in [5.41, 5.74) is 0.618. The molecule has 0 aliphatic heterocycles. The molecule has 0 spiro atoms. The standard InChI is InChI=1S/C17H13Cl3N2OS2/c18-10-3-5-11(6-4-10)24-9-1-2-14(23)21-17-22-15-12(19)7-8-13(20)16(15)25-17/h3-8H,1-2,9H2,(H,21,22,23). The number of hydrogen-bond donors (Lipinski definition) is 1. The van der Waals surface area contributed by atoms with E-state index in [1.165, 1.54) is 11.3 Å². The molecule has 25 heavy (non-hydrogen) atoms. The van der Waals surface area contributed by atoms with E-state index >= 15 is 0 Å². The average Bonchev–Trinajstić information content (AvgIpc) is 3.02. The smallest absolute Gasteiger partial charge is 0.226 e. The Bertz CT molecular complexity index is 858. The van der Waals surface area contributed by atoms with Gasteiger partial charge in [-0.1, -0.05) is 46.1 Å². The lowest BCUT2D eigenvalue weighted by Crippen LogP contribution is -2.11. The van der Waals surface area contributed by atoms with Gasteiger partial charge in [0.25, 0.3) is 0 Å². The molecule has 0 bridgehead atoms. The molecule has 8 heteroatoms. The molecule has 130 valence electrons. The quantitative estimate of drug-likeness (QED) is 0.346. The van der Waals surface area contributed by atoms with Crippen LogP contribution in [0.2, 0.25) is 15.1 Å². The number of nitrogens with zero attached hydrogens (tertiary/aromatic N) is 1. The number of aromatic nitrogens is 1. The van der Waals surface area contributed by atoms with Crippen LogP contribution in [-0.4, -0.2) is 16.6 Å². The van der Waals surface area contributed by atoms with Crippen LogP contribution in [-0.2, 0) is 4.79 Å². The van der Waals surface area contributed by atoms with Crippen LogP contribution in [0.15, 0.2) is 41.3 Å². The van der Waals surface area contributed by atoms with Crippen LogP contribution in [0.4, 0.5) is 5.13 Å². The van der Waals surface area contributed by atoms with Gasteiger partial charge in [-0.25, -0.2) is 4.98 Å². The van der Waals surface area contributed by atoms with Gasteiger partial charge in [-0.3, -0.25) is 4.79 Å². The molecule has 0 radical (unpaired) electrons. The van der Waals surface area contributed by atoms with Crippen LogP contribution >= 0.6 is 57.9 Å². The van der Waals surface area contributed by atoms with Crippen LogP contribution < -0.4 is 5.32 Å². The third kappa shape index (κ3) is 5.02. The molecule has 0 aliphatic carbocycles. The number of carbonyl (C=O) groups excluding carboxylic acids is 1. The third-order valence-corrected chi connectivity index (χ3v) is 6.41. The number of fused-ring (bicyclic) bond motifs is 1. The van der Waals surface area contributed by atoms with E-state index in [2.05, 4.69) is 10.3 Å². The number of nitrogens with one attached hydrogen (secondary N) is 1. The molecule has 0 fully saturated rings. The lowest BCUT2D eigenvalue weighted by atomic mass is 10.3. The van der Waals surface area contributed by atoms with Crippen LogP contribution in [0.1, 0.15) is 12.8 Å². The van der Waals surface area contributed by atoms with Gasteiger partial charge < -0.3 is 5.32 Å². The van der Waals surface area contributed by atoms with E-state index in [4.69, 9.17) is 34.8 Å². The van der Waals surface area contributed by atoms with E-state index in [9.17, 15) is 4.79 Å². The summed E-state index contributed by atoms with van der Waals surface area (Å²) < 4.78 is 0.780. The minimum Gasteiger partial charge on any atom is -0.302 e. The monoisotopic (exact) mass is 430 g/mol. The van der Waals surface area contributed by atoms with Crippen LogP contribution in [0.5, 0.6) is 0 Å². The summed E-state index contributed by atoms with van der Waals surface area (Å²) in [6.45, 7) is 0. The number of amides is 1. The molecular formula is C17H13Cl3N2OS2. The number of anilines is 1. The largest absolute Gasteiger partial charge is 0.302 e. The number of thiazole rings is 1. The van der Waals surface area contributed by atoms with Crippen molar-refractivity contribution < 1.29 is 4.79 Å². The van der Waals surface area contributed by atoms with Crippen molar-refractivity contribution in [3.05, 3.63) is 51.5 Å². The highest BCUT2D eigenvalue weighted by atomic mass is 35.5. The van der Waals surface area contributed by atoms with Crippen molar-refractivity contribution in [2.24, 2.45) is 0 Å². The Morgan fingerprint density at radius 3 is 2.52 bits per heavy atom. The number of rotatable bonds is 6. The van der Waals surface area contributed by atoms with Crippen molar-refractivity contribution in [2.45, 2.75) is 17.7 Å². The van der Waals surface area contributed by atoms with Gasteiger partial charge in [0.1, 0.15) is 5.52 Å². The number of benzene rings is 2. The molecule has 1 heterocycles. The highest BCUT2D eigenvalue weighted by molar-refractivity contribution is 7.99. The molecule has 0 atom stereocenters. The zero-order chi connectivity index (χ0) is 17.8. The highest BCUT2D eigenvalue weighted by Gasteiger charge is 2.12. The van der Waals surface area contributed by atoms with Gasteiger partial charge in [0, 0.05) is 16.3 Å². The fraction of sp³-hybridized carbons (Fsp3) is 0.176. The van der Waals surface area contributed by atoms with E-state index in [1.807, 2.05) is 24.3 Å². The van der Waals surface area contributed by atoms with Crippen molar-refractivity contribution in [3.8, 4) is 0 Å². The van der Waals surface area contributed by atoms with E-state index in [0.29, 0.717) is 27.1 Å². The van der Waals surface area contributed by atoms with E-state index in [1.54, 1.807) is 23.9 Å². The second-order valence-corrected chi connectivity index (χ2v) is 8.60. The van der Waals surface area contributed by atoms with Gasteiger partial charge in [0.05, 0.1) is 14.7 Å².